The number of anilines is 2. The normalized spacial score (nSPS) is 13.8. The molecule has 2 N–H and O–H groups in total. The van der Waals surface area contributed by atoms with E-state index in [4.69, 9.17) is 20.9 Å². The van der Waals surface area contributed by atoms with Gasteiger partial charge in [0.25, 0.3) is 11.8 Å². The Morgan fingerprint density at radius 3 is 2.68 bits per heavy atom. The molecule has 1 saturated heterocycles. The lowest BCUT2D eigenvalue weighted by Gasteiger charge is -2.26. The fraction of sp³-hybridized carbons (Fsp3) is 0.211. The lowest BCUT2D eigenvalue weighted by atomic mass is 10.2. The number of carbonyl (C=O) groups excluding carboxylic acids is 3. The van der Waals surface area contributed by atoms with Crippen molar-refractivity contribution in [3.63, 3.8) is 0 Å². The number of nitrogens with zero attached hydrogens (tertiary/aromatic N) is 3. The fourth-order valence-corrected chi connectivity index (χ4v) is 3.76. The van der Waals surface area contributed by atoms with Crippen LogP contribution in [0.25, 0.3) is 0 Å². The minimum atomic E-state index is -0.592. The van der Waals surface area contributed by atoms with E-state index in [-0.39, 0.29) is 36.7 Å². The van der Waals surface area contributed by atoms with Crippen LogP contribution < -0.4 is 15.5 Å². The van der Waals surface area contributed by atoms with Crippen LogP contribution in [0.1, 0.15) is 26.2 Å². The number of halogens is 1. The SMILES string of the molecule is O=C(Nc1ccc(N2CCOCC2=O)cc1)c1nc(CNC(=O)c2ccc(Cl)s2)no1. The molecule has 1 aliphatic rings. The summed E-state index contributed by atoms with van der Waals surface area (Å²) >= 11 is 6.96. The second-order valence-corrected chi connectivity index (χ2v) is 8.12. The van der Waals surface area contributed by atoms with Crippen molar-refractivity contribution in [3.8, 4) is 0 Å². The van der Waals surface area contributed by atoms with Gasteiger partial charge in [-0.2, -0.15) is 4.98 Å². The van der Waals surface area contributed by atoms with Crippen LogP contribution in [0.15, 0.2) is 40.9 Å². The third kappa shape index (κ3) is 5.08. The van der Waals surface area contributed by atoms with Gasteiger partial charge in [0.15, 0.2) is 5.82 Å². The van der Waals surface area contributed by atoms with Gasteiger partial charge in [-0.15, -0.1) is 11.3 Å². The van der Waals surface area contributed by atoms with E-state index in [1.165, 1.54) is 0 Å². The molecule has 12 heteroatoms. The third-order valence-electron chi connectivity index (χ3n) is 4.29. The number of thiophene rings is 1. The molecule has 3 heterocycles. The van der Waals surface area contributed by atoms with Gasteiger partial charge in [-0.25, -0.2) is 0 Å². The van der Waals surface area contributed by atoms with Crippen molar-refractivity contribution >= 4 is 52.0 Å². The van der Waals surface area contributed by atoms with Crippen molar-refractivity contribution in [2.24, 2.45) is 0 Å². The first-order valence-corrected chi connectivity index (χ1v) is 10.3. The maximum atomic E-state index is 12.3. The fourth-order valence-electron chi connectivity index (χ4n) is 2.80. The highest BCUT2D eigenvalue weighted by Gasteiger charge is 2.21. The topological polar surface area (TPSA) is 127 Å². The highest BCUT2D eigenvalue weighted by Crippen LogP contribution is 2.21. The number of amides is 3. The highest BCUT2D eigenvalue weighted by molar-refractivity contribution is 7.17. The monoisotopic (exact) mass is 461 g/mol. The lowest BCUT2D eigenvalue weighted by molar-refractivity contribution is -0.125. The average molecular weight is 462 g/mol. The zero-order chi connectivity index (χ0) is 21.8. The first-order valence-electron chi connectivity index (χ1n) is 9.15. The summed E-state index contributed by atoms with van der Waals surface area (Å²) in [5.41, 5.74) is 1.21. The van der Waals surface area contributed by atoms with Gasteiger partial charge in [-0.05, 0) is 36.4 Å². The predicted octanol–water partition coefficient (Wildman–Crippen LogP) is 2.33. The molecule has 31 heavy (non-hydrogen) atoms. The molecule has 3 aromatic rings. The summed E-state index contributed by atoms with van der Waals surface area (Å²) in [7, 11) is 0. The Morgan fingerprint density at radius 1 is 1.16 bits per heavy atom. The van der Waals surface area contributed by atoms with Crippen LogP contribution in [-0.2, 0) is 16.1 Å². The molecule has 10 nitrogen and oxygen atoms in total. The Hall–Kier alpha value is -3.28. The van der Waals surface area contributed by atoms with E-state index in [1.54, 1.807) is 41.3 Å². The van der Waals surface area contributed by atoms with Gasteiger partial charge in [0, 0.05) is 17.9 Å². The summed E-state index contributed by atoms with van der Waals surface area (Å²) in [5, 5.41) is 8.96. The van der Waals surface area contributed by atoms with E-state index in [0.717, 1.165) is 11.3 Å². The Balaban J connectivity index is 1.32. The van der Waals surface area contributed by atoms with Gasteiger partial charge in [-0.1, -0.05) is 16.8 Å². The zero-order valence-corrected chi connectivity index (χ0v) is 17.5. The van der Waals surface area contributed by atoms with Crippen LogP contribution in [0.2, 0.25) is 4.34 Å². The minimum Gasteiger partial charge on any atom is -0.370 e. The minimum absolute atomic E-state index is 0.00654. The van der Waals surface area contributed by atoms with Crippen molar-refractivity contribution in [3.05, 3.63) is 57.3 Å². The van der Waals surface area contributed by atoms with Crippen molar-refractivity contribution < 1.29 is 23.6 Å². The molecule has 0 atom stereocenters. The Labute approximate surface area is 185 Å². The van der Waals surface area contributed by atoms with Gasteiger partial charge in [-0.3, -0.25) is 14.4 Å². The zero-order valence-electron chi connectivity index (χ0n) is 16.0. The summed E-state index contributed by atoms with van der Waals surface area (Å²) in [6.07, 6.45) is 0. The van der Waals surface area contributed by atoms with Crippen LogP contribution in [0, 0.1) is 0 Å². The maximum Gasteiger partial charge on any atom is 0.316 e. The van der Waals surface area contributed by atoms with Gasteiger partial charge in [0.05, 0.1) is 22.4 Å². The molecule has 160 valence electrons. The summed E-state index contributed by atoms with van der Waals surface area (Å²) in [6, 6.07) is 10.0. The molecule has 0 radical (unpaired) electrons. The molecule has 0 bridgehead atoms. The van der Waals surface area contributed by atoms with Gasteiger partial charge in [0.2, 0.25) is 0 Å². The molecule has 1 fully saturated rings. The number of ether oxygens (including phenoxy) is 1. The highest BCUT2D eigenvalue weighted by atomic mass is 35.5. The van der Waals surface area contributed by atoms with Gasteiger partial charge in [0.1, 0.15) is 6.61 Å². The van der Waals surface area contributed by atoms with Crippen LogP contribution in [0.4, 0.5) is 11.4 Å². The van der Waals surface area contributed by atoms with E-state index in [1.807, 2.05) is 0 Å². The number of benzene rings is 1. The second kappa shape index (κ2) is 9.25. The first kappa shape index (κ1) is 21.0. The summed E-state index contributed by atoms with van der Waals surface area (Å²) < 4.78 is 10.6. The smallest absolute Gasteiger partial charge is 0.316 e. The van der Waals surface area contributed by atoms with Crippen LogP contribution in [-0.4, -0.2) is 47.6 Å². The van der Waals surface area contributed by atoms with Crippen molar-refractivity contribution in [1.29, 1.82) is 0 Å². The number of nitrogens with one attached hydrogen (secondary N) is 2. The van der Waals surface area contributed by atoms with E-state index in [2.05, 4.69) is 20.8 Å². The Bertz CT molecular complexity index is 1110. The number of hydrogen-bond donors (Lipinski definition) is 2. The number of hydrogen-bond acceptors (Lipinski definition) is 8. The molecule has 3 amide bonds. The molecule has 0 unspecified atom stereocenters. The van der Waals surface area contributed by atoms with E-state index in [0.29, 0.717) is 33.7 Å². The Morgan fingerprint density at radius 2 is 1.97 bits per heavy atom. The van der Waals surface area contributed by atoms with Gasteiger partial charge >= 0.3 is 11.8 Å². The predicted molar refractivity (Wildman–Crippen MR) is 112 cm³/mol. The molecule has 0 saturated carbocycles. The van der Waals surface area contributed by atoms with Crippen molar-refractivity contribution in [2.75, 3.05) is 30.0 Å². The van der Waals surface area contributed by atoms with Crippen LogP contribution >= 0.6 is 22.9 Å². The number of aromatic nitrogens is 2. The lowest BCUT2D eigenvalue weighted by Crippen LogP contribution is -2.41. The maximum absolute atomic E-state index is 12.3. The quantitative estimate of drug-likeness (QED) is 0.576. The molecule has 0 aliphatic carbocycles. The number of carbonyl (C=O) groups is 3. The van der Waals surface area contributed by atoms with E-state index >= 15 is 0 Å². The first-order chi connectivity index (χ1) is 15.0. The number of morpholine rings is 1. The largest absolute Gasteiger partial charge is 0.370 e. The summed E-state index contributed by atoms with van der Waals surface area (Å²) in [4.78, 5) is 42.3. The average Bonchev–Trinajstić information content (AvgIpc) is 3.42. The van der Waals surface area contributed by atoms with Crippen molar-refractivity contribution in [2.45, 2.75) is 6.54 Å². The van der Waals surface area contributed by atoms with Gasteiger partial charge < -0.3 is 24.8 Å². The molecule has 1 aromatic carbocycles. The summed E-state index contributed by atoms with van der Waals surface area (Å²) in [5.74, 6) is -1.12. The third-order valence-corrected chi connectivity index (χ3v) is 5.52. The molecular weight excluding hydrogens is 446 g/mol. The van der Waals surface area contributed by atoms with E-state index in [9.17, 15) is 14.4 Å². The van der Waals surface area contributed by atoms with E-state index < -0.39 is 5.91 Å². The molecular formula is C19H16ClN5O5S. The molecule has 2 aromatic heterocycles. The number of rotatable bonds is 6. The standard InChI is InChI=1S/C19H16ClN5O5S/c20-14-6-5-13(31-14)17(27)21-9-15-23-19(30-24-15)18(28)22-11-1-3-12(4-2-11)25-7-8-29-10-16(25)26/h1-6H,7-10H2,(H,21,27)(H,22,28). The summed E-state index contributed by atoms with van der Waals surface area (Å²) in [6.45, 7) is 1.00. The van der Waals surface area contributed by atoms with Crippen LogP contribution in [0.3, 0.4) is 0 Å². The molecule has 4 rings (SSSR count). The Kier molecular flexibility index (Phi) is 6.26. The van der Waals surface area contributed by atoms with Crippen LogP contribution in [0.5, 0.6) is 0 Å². The second-order valence-electron chi connectivity index (χ2n) is 6.40. The molecule has 1 aliphatic heterocycles. The molecule has 0 spiro atoms. The van der Waals surface area contributed by atoms with Crippen molar-refractivity contribution in [1.82, 2.24) is 15.5 Å².